The van der Waals surface area contributed by atoms with Crippen LogP contribution >= 0.6 is 0 Å². The van der Waals surface area contributed by atoms with Crippen LogP contribution in [0.25, 0.3) is 0 Å². The van der Waals surface area contributed by atoms with Gasteiger partial charge in [-0.1, -0.05) is 0 Å². The fourth-order valence-corrected chi connectivity index (χ4v) is 1.65. The van der Waals surface area contributed by atoms with Gasteiger partial charge in [0.05, 0.1) is 5.92 Å². The predicted molar refractivity (Wildman–Crippen MR) is 49.5 cm³/mol. The smallest absolute Gasteiger partial charge is 0.142 e. The SMILES string of the molecule is O=C1CCNCC1c1ccncc1. The summed E-state index contributed by atoms with van der Waals surface area (Å²) in [6, 6.07) is 3.82. The Labute approximate surface area is 77.2 Å². The Kier molecular flexibility index (Phi) is 2.36. The topological polar surface area (TPSA) is 42.0 Å². The van der Waals surface area contributed by atoms with Crippen LogP contribution in [-0.4, -0.2) is 23.9 Å². The Morgan fingerprint density at radius 2 is 2.15 bits per heavy atom. The lowest BCUT2D eigenvalue weighted by Crippen LogP contribution is -2.35. The highest BCUT2D eigenvalue weighted by Crippen LogP contribution is 2.18. The first-order valence-corrected chi connectivity index (χ1v) is 4.51. The van der Waals surface area contributed by atoms with E-state index >= 15 is 0 Å². The number of nitrogens with one attached hydrogen (secondary N) is 1. The molecule has 1 saturated heterocycles. The number of piperidine rings is 1. The minimum atomic E-state index is 0.0387. The van der Waals surface area contributed by atoms with Crippen LogP contribution in [0.5, 0.6) is 0 Å². The molecule has 68 valence electrons. The Bertz CT molecular complexity index is 297. The third-order valence-electron chi connectivity index (χ3n) is 2.39. The van der Waals surface area contributed by atoms with E-state index in [1.54, 1.807) is 12.4 Å². The van der Waals surface area contributed by atoms with E-state index in [0.717, 1.165) is 18.7 Å². The molecule has 1 aromatic rings. The Morgan fingerprint density at radius 3 is 2.85 bits per heavy atom. The van der Waals surface area contributed by atoms with Crippen molar-refractivity contribution in [3.8, 4) is 0 Å². The molecule has 1 atom stereocenters. The molecule has 0 aliphatic carbocycles. The van der Waals surface area contributed by atoms with Crippen LogP contribution in [0, 0.1) is 0 Å². The third kappa shape index (κ3) is 1.75. The van der Waals surface area contributed by atoms with E-state index in [2.05, 4.69) is 10.3 Å². The van der Waals surface area contributed by atoms with Gasteiger partial charge in [-0.15, -0.1) is 0 Å². The maximum absolute atomic E-state index is 11.5. The van der Waals surface area contributed by atoms with Crippen molar-refractivity contribution < 1.29 is 4.79 Å². The van der Waals surface area contributed by atoms with Gasteiger partial charge in [-0.3, -0.25) is 9.78 Å². The first-order valence-electron chi connectivity index (χ1n) is 4.51. The summed E-state index contributed by atoms with van der Waals surface area (Å²) in [6.45, 7) is 1.59. The summed E-state index contributed by atoms with van der Waals surface area (Å²) in [7, 11) is 0. The van der Waals surface area contributed by atoms with Crippen molar-refractivity contribution in [2.45, 2.75) is 12.3 Å². The summed E-state index contributed by atoms with van der Waals surface area (Å²) in [5.41, 5.74) is 1.08. The third-order valence-corrected chi connectivity index (χ3v) is 2.39. The molecule has 0 saturated carbocycles. The van der Waals surface area contributed by atoms with E-state index < -0.39 is 0 Å². The molecule has 1 aliphatic rings. The second-order valence-electron chi connectivity index (χ2n) is 3.25. The van der Waals surface area contributed by atoms with E-state index in [-0.39, 0.29) is 5.92 Å². The zero-order valence-corrected chi connectivity index (χ0v) is 7.36. The zero-order valence-electron chi connectivity index (χ0n) is 7.36. The molecule has 0 amide bonds. The fourth-order valence-electron chi connectivity index (χ4n) is 1.65. The molecule has 0 spiro atoms. The second kappa shape index (κ2) is 3.66. The van der Waals surface area contributed by atoms with Gasteiger partial charge in [0.2, 0.25) is 0 Å². The van der Waals surface area contributed by atoms with Crippen molar-refractivity contribution >= 4 is 5.78 Å². The van der Waals surface area contributed by atoms with E-state index in [0.29, 0.717) is 12.2 Å². The van der Waals surface area contributed by atoms with Crippen LogP contribution in [0.2, 0.25) is 0 Å². The van der Waals surface area contributed by atoms with E-state index in [1.165, 1.54) is 0 Å². The number of carbonyl (C=O) groups excluding carboxylic acids is 1. The van der Waals surface area contributed by atoms with Gasteiger partial charge in [0.15, 0.2) is 0 Å². The summed E-state index contributed by atoms with van der Waals surface area (Å²) in [5.74, 6) is 0.377. The van der Waals surface area contributed by atoms with Gasteiger partial charge < -0.3 is 5.32 Å². The highest BCUT2D eigenvalue weighted by Gasteiger charge is 2.22. The van der Waals surface area contributed by atoms with Crippen molar-refractivity contribution in [1.82, 2.24) is 10.3 Å². The molecule has 3 heteroatoms. The van der Waals surface area contributed by atoms with Gasteiger partial charge in [-0.25, -0.2) is 0 Å². The Hall–Kier alpha value is -1.22. The first-order chi connectivity index (χ1) is 6.38. The fraction of sp³-hybridized carbons (Fsp3) is 0.400. The van der Waals surface area contributed by atoms with Gasteiger partial charge in [-0.2, -0.15) is 0 Å². The van der Waals surface area contributed by atoms with E-state index in [4.69, 9.17) is 0 Å². The molecule has 13 heavy (non-hydrogen) atoms. The standard InChI is InChI=1S/C10H12N2O/c13-10-3-6-12-7-9(10)8-1-4-11-5-2-8/h1-2,4-5,9,12H,3,6-7H2. The number of aromatic nitrogens is 1. The molecule has 0 aromatic carbocycles. The second-order valence-corrected chi connectivity index (χ2v) is 3.25. The summed E-state index contributed by atoms with van der Waals surface area (Å²) in [5, 5.41) is 3.22. The molecule has 1 unspecified atom stereocenters. The number of hydrogen-bond acceptors (Lipinski definition) is 3. The highest BCUT2D eigenvalue weighted by atomic mass is 16.1. The number of Topliss-reactive ketones (excluding diaryl/α,β-unsaturated/α-hetero) is 1. The molecule has 1 aromatic heterocycles. The van der Waals surface area contributed by atoms with Crippen molar-refractivity contribution in [1.29, 1.82) is 0 Å². The normalized spacial score (nSPS) is 23.1. The summed E-state index contributed by atoms with van der Waals surface area (Å²) in [6.07, 6.45) is 4.11. The van der Waals surface area contributed by atoms with Gasteiger partial charge >= 0.3 is 0 Å². The number of nitrogens with zero attached hydrogens (tertiary/aromatic N) is 1. The van der Waals surface area contributed by atoms with Gasteiger partial charge in [0, 0.05) is 31.9 Å². The maximum Gasteiger partial charge on any atom is 0.142 e. The van der Waals surface area contributed by atoms with Crippen LogP contribution in [0.4, 0.5) is 0 Å². The van der Waals surface area contributed by atoms with Crippen LogP contribution in [0.1, 0.15) is 17.9 Å². The molecule has 1 N–H and O–H groups in total. The zero-order chi connectivity index (χ0) is 9.10. The molecule has 1 fully saturated rings. The quantitative estimate of drug-likeness (QED) is 0.685. The lowest BCUT2D eigenvalue weighted by molar-refractivity contribution is -0.121. The molecule has 3 nitrogen and oxygen atoms in total. The number of carbonyl (C=O) groups is 1. The maximum atomic E-state index is 11.5. The van der Waals surface area contributed by atoms with Crippen LogP contribution in [0.3, 0.4) is 0 Å². The van der Waals surface area contributed by atoms with Crippen molar-refractivity contribution in [3.63, 3.8) is 0 Å². The molecule has 0 bridgehead atoms. The molecular formula is C10H12N2O. The van der Waals surface area contributed by atoms with Gasteiger partial charge in [0.1, 0.15) is 5.78 Å². The monoisotopic (exact) mass is 176 g/mol. The van der Waals surface area contributed by atoms with Crippen molar-refractivity contribution in [2.24, 2.45) is 0 Å². The number of rotatable bonds is 1. The van der Waals surface area contributed by atoms with E-state index in [9.17, 15) is 4.79 Å². The molecule has 1 aliphatic heterocycles. The van der Waals surface area contributed by atoms with Crippen molar-refractivity contribution in [2.75, 3.05) is 13.1 Å². The predicted octanol–water partition coefficient (Wildman–Crippen LogP) is 0.728. The van der Waals surface area contributed by atoms with Crippen LogP contribution in [-0.2, 0) is 4.79 Å². The Morgan fingerprint density at radius 1 is 1.38 bits per heavy atom. The molecular weight excluding hydrogens is 164 g/mol. The van der Waals surface area contributed by atoms with Crippen LogP contribution < -0.4 is 5.32 Å². The summed E-state index contributed by atoms with van der Waals surface area (Å²) in [4.78, 5) is 15.5. The summed E-state index contributed by atoms with van der Waals surface area (Å²) >= 11 is 0. The highest BCUT2D eigenvalue weighted by molar-refractivity contribution is 5.86. The van der Waals surface area contributed by atoms with Gasteiger partial charge in [0.25, 0.3) is 0 Å². The van der Waals surface area contributed by atoms with Crippen molar-refractivity contribution in [3.05, 3.63) is 30.1 Å². The Balaban J connectivity index is 2.20. The molecule has 2 rings (SSSR count). The number of hydrogen-bond donors (Lipinski definition) is 1. The summed E-state index contributed by atoms with van der Waals surface area (Å²) < 4.78 is 0. The largest absolute Gasteiger partial charge is 0.315 e. The lowest BCUT2D eigenvalue weighted by Gasteiger charge is -2.21. The van der Waals surface area contributed by atoms with Crippen LogP contribution in [0.15, 0.2) is 24.5 Å². The first kappa shape index (κ1) is 8.38. The minimum Gasteiger partial charge on any atom is -0.315 e. The molecule has 2 heterocycles. The number of ketones is 1. The minimum absolute atomic E-state index is 0.0387. The average molecular weight is 176 g/mol. The van der Waals surface area contributed by atoms with E-state index in [1.807, 2.05) is 12.1 Å². The average Bonchev–Trinajstić information content (AvgIpc) is 2.20. The lowest BCUT2D eigenvalue weighted by atomic mass is 9.91. The number of pyridine rings is 1. The molecule has 0 radical (unpaired) electrons. The van der Waals surface area contributed by atoms with Gasteiger partial charge in [-0.05, 0) is 17.7 Å².